The molecule has 94 valence electrons. The SMILES string of the molecule is O=S(O)c1ccc([As](=O)(O)c2ccccc2)cc1. The van der Waals surface area contributed by atoms with Crippen molar-refractivity contribution in [3.63, 3.8) is 0 Å². The molecule has 0 aliphatic rings. The molecule has 0 saturated carbocycles. The molecule has 18 heavy (non-hydrogen) atoms. The van der Waals surface area contributed by atoms with Crippen molar-refractivity contribution in [3.8, 4) is 0 Å². The molecule has 0 fully saturated rings. The zero-order valence-corrected chi connectivity index (χ0v) is 12.0. The Kier molecular flexibility index (Phi) is 3.87. The fourth-order valence-electron chi connectivity index (χ4n) is 1.54. The van der Waals surface area contributed by atoms with E-state index in [-0.39, 0.29) is 4.90 Å². The quantitative estimate of drug-likeness (QED) is 0.626. The first-order valence-corrected chi connectivity index (χ1v) is 9.70. The van der Waals surface area contributed by atoms with Crippen molar-refractivity contribution < 1.29 is 16.6 Å². The molecule has 2 aromatic rings. The normalized spacial score (nSPS) is 15.9. The Labute approximate surface area is 110 Å². The van der Waals surface area contributed by atoms with Gasteiger partial charge in [0, 0.05) is 0 Å². The summed E-state index contributed by atoms with van der Waals surface area (Å²) in [5.74, 6) is 0. The molecule has 2 unspecified atom stereocenters. The van der Waals surface area contributed by atoms with Crippen molar-refractivity contribution in [3.05, 3.63) is 54.6 Å². The summed E-state index contributed by atoms with van der Waals surface area (Å²) >= 11 is -6.39. The van der Waals surface area contributed by atoms with Crippen LogP contribution in [0.5, 0.6) is 0 Å². The van der Waals surface area contributed by atoms with Gasteiger partial charge in [-0.3, -0.25) is 0 Å². The Bertz CT molecular complexity index is 610. The topological polar surface area (TPSA) is 74.6 Å². The van der Waals surface area contributed by atoms with Gasteiger partial charge in [0.2, 0.25) is 0 Å². The van der Waals surface area contributed by atoms with Gasteiger partial charge in [0.25, 0.3) is 0 Å². The maximum atomic E-state index is 12.4. The summed E-state index contributed by atoms with van der Waals surface area (Å²) in [5, 5.41) is 0. The summed E-state index contributed by atoms with van der Waals surface area (Å²) in [7, 11) is 0. The Morgan fingerprint density at radius 3 is 1.89 bits per heavy atom. The average molecular weight is 326 g/mol. The molecule has 6 heteroatoms. The van der Waals surface area contributed by atoms with Crippen LogP contribution in [0.2, 0.25) is 0 Å². The Balaban J connectivity index is 2.42. The molecule has 0 aliphatic heterocycles. The van der Waals surface area contributed by atoms with Crippen molar-refractivity contribution >= 4 is 33.6 Å². The monoisotopic (exact) mass is 326 g/mol. The molecule has 0 amide bonds. The minimum atomic E-state index is -4.32. The van der Waals surface area contributed by atoms with Gasteiger partial charge in [-0.15, -0.1) is 0 Å². The predicted molar refractivity (Wildman–Crippen MR) is 69.8 cm³/mol. The molecule has 2 aromatic carbocycles. The van der Waals surface area contributed by atoms with Gasteiger partial charge in [-0.2, -0.15) is 0 Å². The van der Waals surface area contributed by atoms with Crippen molar-refractivity contribution in [1.29, 1.82) is 0 Å². The van der Waals surface area contributed by atoms with Gasteiger partial charge >= 0.3 is 110 Å². The van der Waals surface area contributed by atoms with E-state index < -0.39 is 24.9 Å². The maximum absolute atomic E-state index is 12.4. The second-order valence-electron chi connectivity index (χ2n) is 3.65. The summed E-state index contributed by atoms with van der Waals surface area (Å²) in [5.41, 5.74) is 0. The molecule has 0 aromatic heterocycles. The van der Waals surface area contributed by atoms with Gasteiger partial charge in [0.15, 0.2) is 0 Å². The zero-order valence-electron chi connectivity index (χ0n) is 9.26. The van der Waals surface area contributed by atoms with E-state index in [1.807, 2.05) is 0 Å². The fraction of sp³-hybridized carbons (Fsp3) is 0. The van der Waals surface area contributed by atoms with E-state index >= 15 is 0 Å². The summed E-state index contributed by atoms with van der Waals surface area (Å²) in [6.45, 7) is 0. The van der Waals surface area contributed by atoms with Crippen LogP contribution >= 0.6 is 0 Å². The number of benzene rings is 2. The number of hydrogen-bond acceptors (Lipinski definition) is 2. The van der Waals surface area contributed by atoms with Crippen LogP contribution in [0.25, 0.3) is 0 Å². The van der Waals surface area contributed by atoms with E-state index in [0.717, 1.165) is 0 Å². The van der Waals surface area contributed by atoms with E-state index in [1.54, 1.807) is 30.3 Å². The van der Waals surface area contributed by atoms with Crippen molar-refractivity contribution in [2.24, 2.45) is 0 Å². The Hall–Kier alpha value is -1.13. The van der Waals surface area contributed by atoms with Gasteiger partial charge in [-0.05, 0) is 0 Å². The standard InChI is InChI=1S/C12H11AsO4S/c14-13(15,10-4-2-1-3-5-10)11-6-8-12(9-7-11)18(16)17/h1-9H,(H,14,15)(H,16,17). The van der Waals surface area contributed by atoms with E-state index in [1.165, 1.54) is 24.3 Å². The van der Waals surface area contributed by atoms with Crippen LogP contribution in [-0.2, 0) is 14.8 Å². The summed E-state index contributed by atoms with van der Waals surface area (Å²) in [6.07, 6.45) is 0. The van der Waals surface area contributed by atoms with E-state index in [0.29, 0.717) is 8.70 Å². The number of rotatable bonds is 3. The predicted octanol–water partition coefficient (Wildman–Crippen LogP) is 0.246. The Morgan fingerprint density at radius 1 is 0.889 bits per heavy atom. The molecule has 2 N–H and O–H groups in total. The van der Waals surface area contributed by atoms with Crippen LogP contribution in [0, 0.1) is 0 Å². The molecule has 0 bridgehead atoms. The van der Waals surface area contributed by atoms with Crippen LogP contribution in [-0.4, -0.2) is 26.7 Å². The first-order valence-electron chi connectivity index (χ1n) is 5.12. The van der Waals surface area contributed by atoms with Crippen LogP contribution in [0.15, 0.2) is 59.5 Å². The van der Waals surface area contributed by atoms with Gasteiger partial charge in [0.1, 0.15) is 0 Å². The average Bonchev–Trinajstić information content (AvgIpc) is 2.40. The molecule has 0 aliphatic carbocycles. The van der Waals surface area contributed by atoms with Gasteiger partial charge in [0.05, 0.1) is 0 Å². The van der Waals surface area contributed by atoms with Crippen LogP contribution in [0.4, 0.5) is 0 Å². The summed E-state index contributed by atoms with van der Waals surface area (Å²) < 4.78 is 42.9. The third-order valence-electron chi connectivity index (χ3n) is 2.49. The van der Waals surface area contributed by atoms with E-state index in [4.69, 9.17) is 4.55 Å². The molecule has 0 radical (unpaired) electrons. The summed E-state index contributed by atoms with van der Waals surface area (Å²) in [4.78, 5) is 0.210. The molecule has 2 atom stereocenters. The zero-order chi connectivity index (χ0) is 13.2. The molecule has 0 saturated heterocycles. The molecular weight excluding hydrogens is 315 g/mol. The van der Waals surface area contributed by atoms with Crippen LogP contribution in [0.3, 0.4) is 0 Å². The second-order valence-corrected chi connectivity index (χ2v) is 9.21. The van der Waals surface area contributed by atoms with Crippen molar-refractivity contribution in [2.45, 2.75) is 4.90 Å². The second kappa shape index (κ2) is 5.24. The molecular formula is C12H11AsO4S. The molecule has 4 nitrogen and oxygen atoms in total. The van der Waals surface area contributed by atoms with E-state index in [9.17, 15) is 12.0 Å². The van der Waals surface area contributed by atoms with Gasteiger partial charge < -0.3 is 0 Å². The first kappa shape index (κ1) is 13.3. The summed E-state index contributed by atoms with van der Waals surface area (Å²) in [6, 6.07) is 14.0. The van der Waals surface area contributed by atoms with Crippen molar-refractivity contribution in [1.82, 2.24) is 0 Å². The molecule has 2 rings (SSSR count). The van der Waals surface area contributed by atoms with E-state index in [2.05, 4.69) is 0 Å². The van der Waals surface area contributed by atoms with Gasteiger partial charge in [-0.1, -0.05) is 0 Å². The number of hydrogen-bond donors (Lipinski definition) is 2. The first-order chi connectivity index (χ1) is 8.51. The molecule has 0 heterocycles. The molecule has 0 spiro atoms. The fourth-order valence-corrected chi connectivity index (χ4v) is 4.91. The van der Waals surface area contributed by atoms with Crippen LogP contribution < -0.4 is 8.70 Å². The third-order valence-corrected chi connectivity index (χ3v) is 7.36. The van der Waals surface area contributed by atoms with Crippen molar-refractivity contribution in [2.75, 3.05) is 0 Å². The van der Waals surface area contributed by atoms with Gasteiger partial charge in [-0.25, -0.2) is 0 Å². The Morgan fingerprint density at radius 2 is 1.39 bits per heavy atom. The minimum absolute atomic E-state index is 0.210. The third kappa shape index (κ3) is 2.65. The van der Waals surface area contributed by atoms with Crippen LogP contribution in [0.1, 0.15) is 0 Å².